The summed E-state index contributed by atoms with van der Waals surface area (Å²) in [6.45, 7) is 3.81. The summed E-state index contributed by atoms with van der Waals surface area (Å²) in [6.07, 6.45) is 11.8. The van der Waals surface area contributed by atoms with Gasteiger partial charge < -0.3 is 20.1 Å². The number of anilines is 2. The molecular formula is C30H34N10O. The number of likely N-dealkylation sites (N-methyl/N-ethyl adjacent to an activating group) is 1. The number of pyridine rings is 3. The molecule has 0 unspecified atom stereocenters. The predicted molar refractivity (Wildman–Crippen MR) is 160 cm³/mol. The Hall–Kier alpha value is -4.38. The van der Waals surface area contributed by atoms with Gasteiger partial charge in [-0.2, -0.15) is 5.10 Å². The third-order valence-corrected chi connectivity index (χ3v) is 8.33. The number of H-pyrrole nitrogens is 2. The van der Waals surface area contributed by atoms with Gasteiger partial charge in [0.25, 0.3) is 0 Å². The Kier molecular flexibility index (Phi) is 6.79. The lowest BCUT2D eigenvalue weighted by Gasteiger charge is -2.33. The van der Waals surface area contributed by atoms with Crippen molar-refractivity contribution in [1.29, 1.82) is 0 Å². The van der Waals surface area contributed by atoms with Crippen molar-refractivity contribution in [3.05, 3.63) is 42.9 Å². The fraction of sp³-hybridized carbons (Fsp3) is 0.400. The Morgan fingerprint density at radius 1 is 1.00 bits per heavy atom. The van der Waals surface area contributed by atoms with E-state index in [1.165, 1.54) is 19.3 Å². The first kappa shape index (κ1) is 25.6. The molecule has 0 radical (unpaired) electrons. The molecule has 11 heteroatoms. The molecule has 210 valence electrons. The molecule has 1 saturated carbocycles. The molecule has 5 aromatic rings. The summed E-state index contributed by atoms with van der Waals surface area (Å²) in [4.78, 5) is 39.7. The zero-order valence-corrected chi connectivity index (χ0v) is 23.2. The molecule has 7 rings (SSSR count). The Balaban J connectivity index is 1.16. The normalized spacial score (nSPS) is 17.0. The molecule has 1 aliphatic carbocycles. The SMILES string of the molecule is CN1CCN(c2nccc3[nH]c(-c4n[nH]c5ccc(-c6cncc(NC(=O)CC7CCCCC7)c6)nc45)nc23)CC1. The van der Waals surface area contributed by atoms with Gasteiger partial charge in [0.05, 0.1) is 28.6 Å². The minimum absolute atomic E-state index is 0.0479. The van der Waals surface area contributed by atoms with Crippen LogP contribution in [0.25, 0.3) is 44.8 Å². The maximum atomic E-state index is 12.7. The first-order chi connectivity index (χ1) is 20.1. The number of amides is 1. The van der Waals surface area contributed by atoms with Crippen LogP contribution in [0.15, 0.2) is 42.9 Å². The van der Waals surface area contributed by atoms with E-state index in [1.54, 1.807) is 12.4 Å². The van der Waals surface area contributed by atoms with E-state index < -0.39 is 0 Å². The molecule has 5 aromatic heterocycles. The van der Waals surface area contributed by atoms with Crippen molar-refractivity contribution in [2.45, 2.75) is 38.5 Å². The first-order valence-corrected chi connectivity index (χ1v) is 14.5. The number of aromatic nitrogens is 7. The summed E-state index contributed by atoms with van der Waals surface area (Å²) < 4.78 is 0. The molecule has 1 amide bonds. The third-order valence-electron chi connectivity index (χ3n) is 8.33. The van der Waals surface area contributed by atoms with Gasteiger partial charge in [-0.05, 0) is 50.1 Å². The average Bonchev–Trinajstić information content (AvgIpc) is 3.62. The van der Waals surface area contributed by atoms with Crippen LogP contribution in [0, 0.1) is 5.92 Å². The van der Waals surface area contributed by atoms with Crippen molar-refractivity contribution >= 4 is 39.5 Å². The summed E-state index contributed by atoms with van der Waals surface area (Å²) >= 11 is 0. The molecule has 0 bridgehead atoms. The van der Waals surface area contributed by atoms with Crippen LogP contribution >= 0.6 is 0 Å². The summed E-state index contributed by atoms with van der Waals surface area (Å²) in [5.41, 5.74) is 6.16. The smallest absolute Gasteiger partial charge is 0.224 e. The second-order valence-electron chi connectivity index (χ2n) is 11.3. The largest absolute Gasteiger partial charge is 0.352 e. The Bertz CT molecular complexity index is 1690. The van der Waals surface area contributed by atoms with Crippen LogP contribution in [0.5, 0.6) is 0 Å². The number of carbonyl (C=O) groups is 1. The van der Waals surface area contributed by atoms with E-state index in [0.717, 1.165) is 72.6 Å². The van der Waals surface area contributed by atoms with E-state index in [0.29, 0.717) is 35.1 Å². The second kappa shape index (κ2) is 10.9. The number of carbonyl (C=O) groups excluding carboxylic acids is 1. The summed E-state index contributed by atoms with van der Waals surface area (Å²) in [5.74, 6) is 2.06. The van der Waals surface area contributed by atoms with E-state index in [2.05, 4.69) is 47.3 Å². The molecule has 1 saturated heterocycles. The lowest BCUT2D eigenvalue weighted by atomic mass is 9.87. The minimum atomic E-state index is 0.0479. The highest BCUT2D eigenvalue weighted by molar-refractivity contribution is 5.94. The van der Waals surface area contributed by atoms with Gasteiger partial charge in [0, 0.05) is 50.6 Å². The van der Waals surface area contributed by atoms with Gasteiger partial charge in [0.2, 0.25) is 5.91 Å². The number of aromatic amines is 2. The number of rotatable bonds is 6. The van der Waals surface area contributed by atoms with E-state index >= 15 is 0 Å². The fourth-order valence-corrected chi connectivity index (χ4v) is 6.02. The van der Waals surface area contributed by atoms with Crippen molar-refractivity contribution in [2.24, 2.45) is 5.92 Å². The predicted octanol–water partition coefficient (Wildman–Crippen LogP) is 4.62. The quantitative estimate of drug-likeness (QED) is 0.279. The Morgan fingerprint density at radius 3 is 2.71 bits per heavy atom. The average molecular weight is 551 g/mol. The maximum absolute atomic E-state index is 12.7. The number of fused-ring (bicyclic) bond motifs is 2. The van der Waals surface area contributed by atoms with Crippen molar-refractivity contribution in [3.8, 4) is 22.8 Å². The van der Waals surface area contributed by atoms with Gasteiger partial charge in [-0.15, -0.1) is 0 Å². The molecule has 0 aromatic carbocycles. The highest BCUT2D eigenvalue weighted by atomic mass is 16.1. The highest BCUT2D eigenvalue weighted by Gasteiger charge is 2.22. The molecule has 2 fully saturated rings. The number of piperazine rings is 1. The molecule has 1 aliphatic heterocycles. The fourth-order valence-electron chi connectivity index (χ4n) is 6.02. The van der Waals surface area contributed by atoms with Gasteiger partial charge in [-0.3, -0.25) is 14.9 Å². The molecule has 0 spiro atoms. The molecule has 0 atom stereocenters. The lowest BCUT2D eigenvalue weighted by Crippen LogP contribution is -2.44. The number of imidazole rings is 1. The summed E-state index contributed by atoms with van der Waals surface area (Å²) in [6, 6.07) is 7.76. The number of hydrogen-bond donors (Lipinski definition) is 3. The summed E-state index contributed by atoms with van der Waals surface area (Å²) in [5, 5.41) is 10.7. The van der Waals surface area contributed by atoms with Gasteiger partial charge in [-0.25, -0.2) is 15.0 Å². The van der Waals surface area contributed by atoms with Gasteiger partial charge in [0.1, 0.15) is 11.0 Å². The zero-order chi connectivity index (χ0) is 27.8. The second-order valence-corrected chi connectivity index (χ2v) is 11.3. The van der Waals surface area contributed by atoms with Crippen LogP contribution < -0.4 is 10.2 Å². The Morgan fingerprint density at radius 2 is 1.85 bits per heavy atom. The van der Waals surface area contributed by atoms with Crippen LogP contribution in [0.1, 0.15) is 38.5 Å². The van der Waals surface area contributed by atoms with Crippen molar-refractivity contribution in [2.75, 3.05) is 43.4 Å². The molecule has 2 aliphatic rings. The zero-order valence-electron chi connectivity index (χ0n) is 23.2. The molecular weight excluding hydrogens is 516 g/mol. The van der Waals surface area contributed by atoms with E-state index in [1.807, 2.05) is 30.5 Å². The number of nitrogens with zero attached hydrogens (tertiary/aromatic N) is 7. The molecule has 11 nitrogen and oxygen atoms in total. The van der Waals surface area contributed by atoms with E-state index in [9.17, 15) is 4.79 Å². The van der Waals surface area contributed by atoms with E-state index in [-0.39, 0.29) is 5.91 Å². The van der Waals surface area contributed by atoms with Crippen LogP contribution in [0.2, 0.25) is 0 Å². The van der Waals surface area contributed by atoms with Crippen LogP contribution in [0.4, 0.5) is 11.5 Å². The minimum Gasteiger partial charge on any atom is -0.352 e. The topological polar surface area (TPSA) is 132 Å². The highest BCUT2D eigenvalue weighted by Crippen LogP contribution is 2.31. The molecule has 6 heterocycles. The van der Waals surface area contributed by atoms with Crippen molar-refractivity contribution in [1.82, 2.24) is 40.0 Å². The van der Waals surface area contributed by atoms with Gasteiger partial charge in [-0.1, -0.05) is 19.3 Å². The standard InChI is InChI=1S/C30H34N10O/c1-39-11-13-40(14-12-39)30-27-23(9-10-32-30)35-29(36-27)28-26-24(37-38-28)8-7-22(34-26)20-16-21(18-31-17-20)33-25(41)15-19-5-3-2-4-6-19/h7-10,16-19H,2-6,11-15H2,1H3,(H,33,41)(H,35,36)(H,37,38). The van der Waals surface area contributed by atoms with Crippen LogP contribution in [0.3, 0.4) is 0 Å². The Labute approximate surface area is 237 Å². The van der Waals surface area contributed by atoms with Crippen molar-refractivity contribution in [3.63, 3.8) is 0 Å². The number of hydrogen-bond acceptors (Lipinski definition) is 8. The van der Waals surface area contributed by atoms with Gasteiger partial charge >= 0.3 is 0 Å². The van der Waals surface area contributed by atoms with Crippen molar-refractivity contribution < 1.29 is 4.79 Å². The molecule has 41 heavy (non-hydrogen) atoms. The lowest BCUT2D eigenvalue weighted by molar-refractivity contribution is -0.117. The maximum Gasteiger partial charge on any atom is 0.224 e. The first-order valence-electron chi connectivity index (χ1n) is 14.5. The third kappa shape index (κ3) is 5.24. The monoisotopic (exact) mass is 550 g/mol. The van der Waals surface area contributed by atoms with Crippen LogP contribution in [-0.2, 0) is 4.79 Å². The number of nitrogens with one attached hydrogen (secondary N) is 3. The molecule has 3 N–H and O–H groups in total. The summed E-state index contributed by atoms with van der Waals surface area (Å²) in [7, 11) is 2.14. The van der Waals surface area contributed by atoms with Gasteiger partial charge in [0.15, 0.2) is 17.3 Å². The van der Waals surface area contributed by atoms with Crippen LogP contribution in [-0.4, -0.2) is 79.2 Å². The van der Waals surface area contributed by atoms with E-state index in [4.69, 9.17) is 9.97 Å².